The first-order chi connectivity index (χ1) is 17.4. The molecule has 2 aromatic carbocycles. The van der Waals surface area contributed by atoms with Crippen molar-refractivity contribution >= 4 is 30.1 Å². The summed E-state index contributed by atoms with van der Waals surface area (Å²) in [5.74, 6) is -5.41. The molecule has 0 bridgehead atoms. The Hall–Kier alpha value is -4.55. The van der Waals surface area contributed by atoms with Gasteiger partial charge in [0, 0.05) is 25.0 Å². The summed E-state index contributed by atoms with van der Waals surface area (Å²) < 4.78 is 10.2. The molecule has 0 saturated heterocycles. The van der Waals surface area contributed by atoms with Crippen molar-refractivity contribution in [2.75, 3.05) is 0 Å². The van der Waals surface area contributed by atoms with Crippen LogP contribution < -0.4 is 0 Å². The number of aliphatic hydroxyl groups is 2. The first-order valence-electron chi connectivity index (χ1n) is 10.8. The van der Waals surface area contributed by atoms with E-state index in [2.05, 4.69) is 0 Å². The molecule has 0 spiro atoms. The van der Waals surface area contributed by atoms with E-state index in [4.69, 9.17) is 9.47 Å². The van der Waals surface area contributed by atoms with E-state index in [1.807, 2.05) is 0 Å². The lowest BCUT2D eigenvalue weighted by molar-refractivity contribution is -0.207. The van der Waals surface area contributed by atoms with E-state index in [9.17, 15) is 50.1 Å². The smallest absolute Gasteiger partial charge is 0.348 e. The maximum absolute atomic E-state index is 12.4. The number of esters is 2. The molecule has 196 valence electrons. The van der Waals surface area contributed by atoms with Gasteiger partial charge in [-0.2, -0.15) is 0 Å². The predicted molar refractivity (Wildman–Crippen MR) is 125 cm³/mol. The van der Waals surface area contributed by atoms with Crippen LogP contribution >= 0.6 is 0 Å². The molecule has 0 aromatic heterocycles. The molecule has 12 heteroatoms. The highest BCUT2D eigenvalue weighted by atomic mass is 16.6. The number of ether oxygens (including phenoxy) is 2. The maximum Gasteiger partial charge on any atom is 0.348 e. The molecule has 0 unspecified atom stereocenters. The zero-order valence-corrected chi connectivity index (χ0v) is 19.1. The molecule has 4 atom stereocenters. The monoisotopic (exact) mass is 516 g/mol. The summed E-state index contributed by atoms with van der Waals surface area (Å²) in [4.78, 5) is 36.7. The van der Waals surface area contributed by atoms with E-state index in [0.29, 0.717) is 5.56 Å². The van der Waals surface area contributed by atoms with Crippen LogP contribution in [0.5, 0.6) is 23.0 Å². The number of hydrogen-bond acceptors (Lipinski definition) is 11. The Kier molecular flexibility index (Phi) is 8.05. The molecule has 1 fully saturated rings. The summed E-state index contributed by atoms with van der Waals surface area (Å²) in [5.41, 5.74) is -1.73. The Balaban J connectivity index is 1.73. The second kappa shape index (κ2) is 11.0. The van der Waals surface area contributed by atoms with E-state index >= 15 is 0 Å². The Bertz CT molecular complexity index is 1250. The van der Waals surface area contributed by atoms with Gasteiger partial charge in [0.15, 0.2) is 23.0 Å². The molecule has 1 aliphatic carbocycles. The van der Waals surface area contributed by atoms with Crippen molar-refractivity contribution in [3.8, 4) is 23.0 Å². The fourth-order valence-corrected chi connectivity index (χ4v) is 3.68. The number of carboxylic acids is 1. The number of aliphatic hydroxyl groups excluding tert-OH is 2. The lowest BCUT2D eigenvalue weighted by Crippen LogP contribution is -2.58. The van der Waals surface area contributed by atoms with Gasteiger partial charge in [0.1, 0.15) is 12.2 Å². The summed E-state index contributed by atoms with van der Waals surface area (Å²) in [6, 6.07) is 7.44. The van der Waals surface area contributed by atoms with E-state index in [1.54, 1.807) is 0 Å². The molecule has 0 radical (unpaired) electrons. The summed E-state index contributed by atoms with van der Waals surface area (Å²) in [6.07, 6.45) is -2.09. The van der Waals surface area contributed by atoms with Gasteiger partial charge in [-0.3, -0.25) is 0 Å². The zero-order valence-electron chi connectivity index (χ0n) is 19.1. The molecule has 0 amide bonds. The van der Waals surface area contributed by atoms with Crippen LogP contribution in [0.1, 0.15) is 24.0 Å². The summed E-state index contributed by atoms with van der Waals surface area (Å²) in [6.45, 7) is 0. The molecule has 2 aromatic rings. The number of benzene rings is 2. The van der Waals surface area contributed by atoms with Crippen LogP contribution in [0.4, 0.5) is 0 Å². The fraction of sp³-hybridized carbons (Fsp3) is 0.240. The third-order valence-corrected chi connectivity index (χ3v) is 5.62. The van der Waals surface area contributed by atoms with Crippen molar-refractivity contribution in [3.63, 3.8) is 0 Å². The van der Waals surface area contributed by atoms with Crippen LogP contribution in [0.15, 0.2) is 48.6 Å². The number of aromatic hydroxyl groups is 4. The van der Waals surface area contributed by atoms with Crippen molar-refractivity contribution in [3.05, 3.63) is 59.7 Å². The van der Waals surface area contributed by atoms with Gasteiger partial charge < -0.3 is 45.2 Å². The van der Waals surface area contributed by atoms with Gasteiger partial charge in [-0.15, -0.1) is 0 Å². The van der Waals surface area contributed by atoms with Crippen LogP contribution in [-0.2, 0) is 23.9 Å². The molecular weight excluding hydrogens is 492 g/mol. The molecule has 1 aliphatic rings. The molecule has 0 heterocycles. The Morgan fingerprint density at radius 2 is 1.30 bits per heavy atom. The molecule has 0 aliphatic heterocycles. The van der Waals surface area contributed by atoms with Gasteiger partial charge in [0.25, 0.3) is 0 Å². The van der Waals surface area contributed by atoms with Crippen molar-refractivity contribution in [1.82, 2.24) is 0 Å². The number of hydrogen-bond donors (Lipinski definition) is 7. The second-order valence-electron chi connectivity index (χ2n) is 8.33. The van der Waals surface area contributed by atoms with Crippen molar-refractivity contribution < 1.29 is 59.6 Å². The lowest BCUT2D eigenvalue weighted by atomic mass is 9.79. The summed E-state index contributed by atoms with van der Waals surface area (Å²) in [5, 5.41) is 68.0. The molecule has 7 N–H and O–H groups in total. The second-order valence-corrected chi connectivity index (χ2v) is 8.33. The number of phenols is 4. The Labute approximate surface area is 209 Å². The fourth-order valence-electron chi connectivity index (χ4n) is 3.68. The van der Waals surface area contributed by atoms with Crippen molar-refractivity contribution in [2.24, 2.45) is 0 Å². The minimum absolute atomic E-state index is 0.288. The van der Waals surface area contributed by atoms with Gasteiger partial charge in [-0.25, -0.2) is 14.4 Å². The first-order valence-corrected chi connectivity index (χ1v) is 10.8. The minimum Gasteiger partial charge on any atom is -0.504 e. The van der Waals surface area contributed by atoms with Crippen LogP contribution in [-0.4, -0.2) is 77.6 Å². The average molecular weight is 516 g/mol. The van der Waals surface area contributed by atoms with Gasteiger partial charge in [0.05, 0.1) is 6.10 Å². The number of aliphatic carboxylic acids is 1. The quantitative estimate of drug-likeness (QED) is 0.156. The van der Waals surface area contributed by atoms with Crippen molar-refractivity contribution in [2.45, 2.75) is 36.8 Å². The third kappa shape index (κ3) is 6.57. The van der Waals surface area contributed by atoms with Gasteiger partial charge in [-0.1, -0.05) is 12.1 Å². The van der Waals surface area contributed by atoms with Crippen LogP contribution in [0.25, 0.3) is 12.2 Å². The normalized spacial score (nSPS) is 23.7. The molecule has 3 rings (SSSR count). The topological polar surface area (TPSA) is 211 Å². The molecule has 37 heavy (non-hydrogen) atoms. The number of carbonyl (C=O) groups excluding carboxylic acids is 2. The van der Waals surface area contributed by atoms with Crippen LogP contribution in [0, 0.1) is 0 Å². The van der Waals surface area contributed by atoms with Crippen molar-refractivity contribution in [1.29, 1.82) is 0 Å². The summed E-state index contributed by atoms with van der Waals surface area (Å²) in [7, 11) is 0. The predicted octanol–water partition coefficient (Wildman–Crippen LogP) is 1.03. The number of phenolic OH excluding ortho intramolecular Hbond substituents is 4. The molecule has 12 nitrogen and oxygen atoms in total. The van der Waals surface area contributed by atoms with E-state index in [-0.39, 0.29) is 17.1 Å². The third-order valence-electron chi connectivity index (χ3n) is 5.62. The number of rotatable bonds is 7. The Morgan fingerprint density at radius 3 is 1.78 bits per heavy atom. The van der Waals surface area contributed by atoms with E-state index in [0.717, 1.165) is 18.2 Å². The number of carboxylic acid groups (broad SMARTS) is 1. The highest BCUT2D eigenvalue weighted by Crippen LogP contribution is 2.35. The SMILES string of the molecule is O=C(/C=C/c1ccc(O)c(O)c1)O[C@H]1C[C@](OC(=O)/C=C/c2ccc(O)c(O)c2)(C(=O)O)C[C@H](O)[C@H]1O. The zero-order chi connectivity index (χ0) is 27.3. The first kappa shape index (κ1) is 27.0. The standard InChI is InChI=1S/C25H24O12/c26-15-5-1-13(9-17(15)28)3-7-21(31)36-20-12-25(24(34)35,11-19(30)23(20)33)37-22(32)8-4-14-2-6-16(27)18(29)10-14/h1-10,19-20,23,26-30,33H,11-12H2,(H,34,35)/b7-3+,8-4+/t19-,20-,23+,25-/m0/s1. The van der Waals surface area contributed by atoms with Gasteiger partial charge in [-0.05, 0) is 47.5 Å². The maximum atomic E-state index is 12.4. The highest BCUT2D eigenvalue weighted by Gasteiger charge is 2.54. The number of carbonyl (C=O) groups is 3. The molecule has 1 saturated carbocycles. The van der Waals surface area contributed by atoms with E-state index < -0.39 is 66.2 Å². The largest absolute Gasteiger partial charge is 0.504 e. The minimum atomic E-state index is -2.34. The average Bonchev–Trinajstić information content (AvgIpc) is 2.83. The molecular formula is C25H24O12. The van der Waals surface area contributed by atoms with Crippen LogP contribution in [0.3, 0.4) is 0 Å². The van der Waals surface area contributed by atoms with Gasteiger partial charge >= 0.3 is 17.9 Å². The van der Waals surface area contributed by atoms with E-state index in [1.165, 1.54) is 42.5 Å². The highest BCUT2D eigenvalue weighted by molar-refractivity contribution is 5.91. The lowest BCUT2D eigenvalue weighted by Gasteiger charge is -2.41. The van der Waals surface area contributed by atoms with Crippen LogP contribution in [0.2, 0.25) is 0 Å². The summed E-state index contributed by atoms with van der Waals surface area (Å²) >= 11 is 0. The Morgan fingerprint density at radius 1 is 0.784 bits per heavy atom. The van der Waals surface area contributed by atoms with Gasteiger partial charge in [0.2, 0.25) is 5.60 Å².